The molecule has 1 heterocycles. The zero-order chi connectivity index (χ0) is 15.6. The second kappa shape index (κ2) is 5.76. The maximum atomic E-state index is 12.2. The normalized spacial score (nSPS) is 14.4. The highest BCUT2D eigenvalue weighted by atomic mass is 16.6. The Morgan fingerprint density at radius 1 is 1.29 bits per heavy atom. The van der Waals surface area contributed by atoms with E-state index >= 15 is 0 Å². The molecule has 5 heteroatoms. The minimum absolute atomic E-state index is 0.127. The molecular formula is C16H22N2O3. The molecular weight excluding hydrogens is 268 g/mol. The highest BCUT2D eigenvalue weighted by Crippen LogP contribution is 2.24. The van der Waals surface area contributed by atoms with Crippen molar-refractivity contribution in [3.05, 3.63) is 34.9 Å². The van der Waals surface area contributed by atoms with Crippen molar-refractivity contribution in [2.75, 3.05) is 13.6 Å². The number of hydrogen-bond donors (Lipinski definition) is 1. The first-order valence-corrected chi connectivity index (χ1v) is 7.12. The van der Waals surface area contributed by atoms with Crippen LogP contribution in [0.1, 0.15) is 42.3 Å². The Balaban J connectivity index is 2.23. The van der Waals surface area contributed by atoms with Gasteiger partial charge in [0.25, 0.3) is 5.91 Å². The Morgan fingerprint density at radius 3 is 2.62 bits per heavy atom. The molecule has 1 N–H and O–H groups in total. The molecule has 1 aromatic carbocycles. The van der Waals surface area contributed by atoms with Crippen molar-refractivity contribution in [2.24, 2.45) is 0 Å². The molecule has 0 bridgehead atoms. The van der Waals surface area contributed by atoms with Gasteiger partial charge in [-0.15, -0.1) is 0 Å². The Hall–Kier alpha value is -2.04. The number of hydrogen-bond acceptors (Lipinski definition) is 3. The van der Waals surface area contributed by atoms with Crippen LogP contribution in [-0.4, -0.2) is 36.1 Å². The minimum atomic E-state index is -0.516. The van der Waals surface area contributed by atoms with Gasteiger partial charge < -0.3 is 15.0 Å². The molecule has 1 aliphatic heterocycles. The van der Waals surface area contributed by atoms with Crippen LogP contribution in [0.15, 0.2) is 18.2 Å². The van der Waals surface area contributed by atoms with E-state index in [1.54, 1.807) is 18.0 Å². The van der Waals surface area contributed by atoms with Gasteiger partial charge >= 0.3 is 6.09 Å². The summed E-state index contributed by atoms with van der Waals surface area (Å²) in [7, 11) is 1.61. The van der Waals surface area contributed by atoms with Gasteiger partial charge in [0.2, 0.25) is 0 Å². The van der Waals surface area contributed by atoms with Crippen LogP contribution < -0.4 is 5.32 Å². The van der Waals surface area contributed by atoms with Crippen LogP contribution in [0.5, 0.6) is 0 Å². The molecule has 2 rings (SSSR count). The zero-order valence-corrected chi connectivity index (χ0v) is 13.0. The van der Waals surface area contributed by atoms with Gasteiger partial charge in [0, 0.05) is 19.2 Å². The lowest BCUT2D eigenvalue weighted by Gasteiger charge is -2.32. The summed E-state index contributed by atoms with van der Waals surface area (Å²) in [6, 6.07) is 5.68. The molecule has 0 radical (unpaired) electrons. The Kier molecular flexibility index (Phi) is 4.21. The van der Waals surface area contributed by atoms with Crippen molar-refractivity contribution >= 4 is 12.0 Å². The number of benzene rings is 1. The summed E-state index contributed by atoms with van der Waals surface area (Å²) in [6.45, 7) is 6.56. The second-order valence-electron chi connectivity index (χ2n) is 6.17. The van der Waals surface area contributed by atoms with Gasteiger partial charge in [-0.1, -0.05) is 12.1 Å². The summed E-state index contributed by atoms with van der Waals surface area (Å²) >= 11 is 0. The number of fused-ring (bicyclic) bond motifs is 1. The fraction of sp³-hybridized carbons (Fsp3) is 0.500. The Bertz CT molecular complexity index is 561. The lowest BCUT2D eigenvalue weighted by Crippen LogP contribution is -2.40. The van der Waals surface area contributed by atoms with Crippen LogP contribution in [0.4, 0.5) is 4.79 Å². The number of carbonyl (C=O) groups excluding carboxylic acids is 2. The van der Waals surface area contributed by atoms with Crippen LogP contribution in [0.2, 0.25) is 0 Å². The van der Waals surface area contributed by atoms with Gasteiger partial charge in [-0.25, -0.2) is 4.79 Å². The predicted molar refractivity (Wildman–Crippen MR) is 80.2 cm³/mol. The first-order valence-electron chi connectivity index (χ1n) is 7.12. The van der Waals surface area contributed by atoms with E-state index in [9.17, 15) is 9.59 Å². The van der Waals surface area contributed by atoms with E-state index in [2.05, 4.69) is 5.32 Å². The van der Waals surface area contributed by atoms with E-state index in [0.29, 0.717) is 18.7 Å². The van der Waals surface area contributed by atoms with E-state index in [0.717, 1.165) is 17.5 Å². The number of amides is 2. The summed E-state index contributed by atoms with van der Waals surface area (Å²) < 4.78 is 5.41. The average Bonchev–Trinajstić information content (AvgIpc) is 2.43. The third kappa shape index (κ3) is 3.54. The summed E-state index contributed by atoms with van der Waals surface area (Å²) in [6.07, 6.45) is 0.402. The van der Waals surface area contributed by atoms with Crippen LogP contribution in [-0.2, 0) is 17.7 Å². The van der Waals surface area contributed by atoms with Crippen LogP contribution in [0.25, 0.3) is 0 Å². The topological polar surface area (TPSA) is 58.6 Å². The molecule has 0 fully saturated rings. The molecule has 0 aliphatic carbocycles. The first kappa shape index (κ1) is 15.4. The summed E-state index contributed by atoms with van der Waals surface area (Å²) in [5.74, 6) is -0.127. The van der Waals surface area contributed by atoms with Crippen molar-refractivity contribution < 1.29 is 14.3 Å². The van der Waals surface area contributed by atoms with Gasteiger partial charge in [-0.05, 0) is 44.4 Å². The maximum Gasteiger partial charge on any atom is 0.410 e. The van der Waals surface area contributed by atoms with Crippen molar-refractivity contribution in [3.8, 4) is 0 Å². The van der Waals surface area contributed by atoms with Crippen LogP contribution >= 0.6 is 0 Å². The van der Waals surface area contributed by atoms with Gasteiger partial charge in [0.15, 0.2) is 0 Å². The van der Waals surface area contributed by atoms with Crippen molar-refractivity contribution in [2.45, 2.75) is 39.3 Å². The molecule has 1 aliphatic rings. The largest absolute Gasteiger partial charge is 0.444 e. The van der Waals surface area contributed by atoms with Crippen molar-refractivity contribution in [1.82, 2.24) is 10.2 Å². The van der Waals surface area contributed by atoms with Gasteiger partial charge in [-0.2, -0.15) is 0 Å². The molecule has 0 spiro atoms. The second-order valence-corrected chi connectivity index (χ2v) is 6.17. The Morgan fingerprint density at radius 2 is 2.00 bits per heavy atom. The number of rotatable bonds is 1. The molecule has 0 saturated heterocycles. The van der Waals surface area contributed by atoms with Gasteiger partial charge in [-0.3, -0.25) is 4.79 Å². The van der Waals surface area contributed by atoms with E-state index in [1.807, 2.05) is 32.9 Å². The quantitative estimate of drug-likeness (QED) is 0.863. The number of nitrogens with one attached hydrogen (secondary N) is 1. The van der Waals surface area contributed by atoms with Gasteiger partial charge in [0.1, 0.15) is 5.60 Å². The number of ether oxygens (including phenoxy) is 1. The molecule has 21 heavy (non-hydrogen) atoms. The smallest absolute Gasteiger partial charge is 0.410 e. The third-order valence-corrected chi connectivity index (χ3v) is 3.40. The molecule has 2 amide bonds. The maximum absolute atomic E-state index is 12.2. The third-order valence-electron chi connectivity index (χ3n) is 3.40. The average molecular weight is 290 g/mol. The van der Waals surface area contributed by atoms with Crippen molar-refractivity contribution in [1.29, 1.82) is 0 Å². The van der Waals surface area contributed by atoms with Crippen molar-refractivity contribution in [3.63, 3.8) is 0 Å². The number of nitrogens with zero attached hydrogens (tertiary/aromatic N) is 1. The summed E-state index contributed by atoms with van der Waals surface area (Å²) in [5, 5.41) is 2.64. The lowest BCUT2D eigenvalue weighted by atomic mass is 9.94. The summed E-state index contributed by atoms with van der Waals surface area (Å²) in [5.41, 5.74) is 2.14. The zero-order valence-electron chi connectivity index (χ0n) is 13.0. The predicted octanol–water partition coefficient (Wildman–Crippen LogP) is 2.34. The van der Waals surface area contributed by atoms with Gasteiger partial charge in [0.05, 0.1) is 6.54 Å². The molecule has 1 aromatic rings. The monoisotopic (exact) mass is 290 g/mol. The lowest BCUT2D eigenvalue weighted by molar-refractivity contribution is 0.0223. The summed E-state index contributed by atoms with van der Waals surface area (Å²) in [4.78, 5) is 25.8. The number of carbonyl (C=O) groups is 2. The molecule has 0 atom stereocenters. The Labute approximate surface area is 125 Å². The molecule has 0 aromatic heterocycles. The van der Waals surface area contributed by atoms with Crippen LogP contribution in [0, 0.1) is 0 Å². The van der Waals surface area contributed by atoms with E-state index < -0.39 is 5.60 Å². The highest BCUT2D eigenvalue weighted by Gasteiger charge is 2.27. The molecule has 114 valence electrons. The molecule has 0 unspecified atom stereocenters. The first-order chi connectivity index (χ1) is 9.81. The van der Waals surface area contributed by atoms with E-state index in [4.69, 9.17) is 4.74 Å². The highest BCUT2D eigenvalue weighted by molar-refractivity contribution is 5.96. The minimum Gasteiger partial charge on any atom is -0.444 e. The van der Waals surface area contributed by atoms with E-state index in [1.165, 1.54) is 0 Å². The molecule has 0 saturated carbocycles. The van der Waals surface area contributed by atoms with E-state index in [-0.39, 0.29) is 12.0 Å². The van der Waals surface area contributed by atoms with Crippen LogP contribution in [0.3, 0.4) is 0 Å². The molecule has 5 nitrogen and oxygen atoms in total. The fourth-order valence-corrected chi connectivity index (χ4v) is 2.41. The SMILES string of the molecule is CNC(=O)c1cccc2c1CN(C(=O)OC(C)(C)C)CC2. The standard InChI is InChI=1S/C16H22N2O3/c1-16(2,3)21-15(20)18-9-8-11-6-5-7-12(13(11)10-18)14(19)17-4/h5-7H,8-10H2,1-4H3,(H,17,19). The fourth-order valence-electron chi connectivity index (χ4n) is 2.41.